The summed E-state index contributed by atoms with van der Waals surface area (Å²) in [7, 11) is 1.38. The van der Waals surface area contributed by atoms with Crippen LogP contribution in [0.1, 0.15) is 67.1 Å². The van der Waals surface area contributed by atoms with E-state index in [4.69, 9.17) is 21.1 Å². The first kappa shape index (κ1) is 35.0. The number of methoxy groups -OCH3 is 1. The fraction of sp³-hybridized carbons (Fsp3) is 0.433. The van der Waals surface area contributed by atoms with Gasteiger partial charge in [-0.1, -0.05) is 6.92 Å². The van der Waals surface area contributed by atoms with Crippen molar-refractivity contribution < 1.29 is 40.6 Å². The Morgan fingerprint density at radius 3 is 2.21 bits per heavy atom. The van der Waals surface area contributed by atoms with Crippen molar-refractivity contribution in [2.24, 2.45) is 16.7 Å². The molecule has 2 atom stereocenters. The number of benzene rings is 1. The first-order valence-electron chi connectivity index (χ1n) is 14.6. The summed E-state index contributed by atoms with van der Waals surface area (Å²) in [5, 5.41) is 3.42. The molecule has 254 valence electrons. The quantitative estimate of drug-likeness (QED) is 0.0877. The van der Waals surface area contributed by atoms with Crippen LogP contribution >= 0.6 is 0 Å². The first-order valence-corrected chi connectivity index (χ1v) is 14.6. The second kappa shape index (κ2) is 14.3. The molecule has 47 heavy (non-hydrogen) atoms. The van der Waals surface area contributed by atoms with Crippen molar-refractivity contribution in [2.45, 2.75) is 70.5 Å². The number of nitrogens with zero attached hydrogens (tertiary/aromatic N) is 6. The van der Waals surface area contributed by atoms with Gasteiger partial charge in [0.2, 0.25) is 11.8 Å². The molecule has 1 aromatic carbocycles. The number of halogens is 6. The highest BCUT2D eigenvalue weighted by Gasteiger charge is 2.42. The van der Waals surface area contributed by atoms with Crippen LogP contribution in [0.2, 0.25) is 0 Å². The molecule has 0 saturated heterocycles. The maximum absolute atomic E-state index is 13.8. The highest BCUT2D eigenvalue weighted by atomic mass is 19.4. The molecule has 1 aliphatic rings. The number of pyridine rings is 1. The molecule has 1 amide bonds. The Kier molecular flexibility index (Phi) is 10.7. The van der Waals surface area contributed by atoms with Crippen LogP contribution in [-0.2, 0) is 30.1 Å². The number of rotatable bonds is 10. The van der Waals surface area contributed by atoms with E-state index in [2.05, 4.69) is 20.1 Å². The highest BCUT2D eigenvalue weighted by molar-refractivity contribution is 5.90. The molecule has 17 heteroatoms. The van der Waals surface area contributed by atoms with Gasteiger partial charge in [-0.15, -0.1) is 0 Å². The molecule has 2 aromatic heterocycles. The summed E-state index contributed by atoms with van der Waals surface area (Å²) < 4.78 is 93.5. The Morgan fingerprint density at radius 2 is 1.68 bits per heavy atom. The van der Waals surface area contributed by atoms with Crippen LogP contribution in [0, 0.1) is 0 Å². The van der Waals surface area contributed by atoms with Crippen molar-refractivity contribution in [2.75, 3.05) is 23.5 Å². The number of anilines is 2. The van der Waals surface area contributed by atoms with Crippen LogP contribution in [-0.4, -0.2) is 46.6 Å². The number of hydrogen-bond donors (Lipinski definition) is 2. The lowest BCUT2D eigenvalue weighted by atomic mass is 9.92. The van der Waals surface area contributed by atoms with Crippen molar-refractivity contribution >= 4 is 23.6 Å². The molecule has 1 aliphatic heterocycles. The number of fused-ring (bicyclic) bond motifs is 1. The SMILES string of the molecule is CCOC(=O)N1c2ccc(OC)nc2[C@@H](N(Cc2cc(C(F)(F)F)cc(C(F)(F)F)c2)c2ncc(CC/C(N)=N/N)cn2)C[C@H]1CC. The third kappa shape index (κ3) is 8.13. The van der Waals surface area contributed by atoms with Crippen LogP contribution in [0.3, 0.4) is 0 Å². The van der Waals surface area contributed by atoms with Crippen LogP contribution in [0.15, 0.2) is 47.8 Å². The number of carbonyl (C=O) groups is 1. The Hall–Kier alpha value is -4.83. The summed E-state index contributed by atoms with van der Waals surface area (Å²) in [5.74, 6) is 5.55. The van der Waals surface area contributed by atoms with Crippen LogP contribution in [0.5, 0.6) is 5.88 Å². The van der Waals surface area contributed by atoms with Gasteiger partial charge >= 0.3 is 18.4 Å². The second-order valence-corrected chi connectivity index (χ2v) is 10.7. The van der Waals surface area contributed by atoms with E-state index in [1.807, 2.05) is 6.92 Å². The predicted octanol–water partition coefficient (Wildman–Crippen LogP) is 5.97. The minimum Gasteiger partial charge on any atom is -0.481 e. The molecule has 0 bridgehead atoms. The molecule has 11 nitrogen and oxygen atoms in total. The van der Waals surface area contributed by atoms with Gasteiger partial charge in [0.15, 0.2) is 0 Å². The number of aromatic nitrogens is 3. The minimum absolute atomic E-state index is 0.000178. The standard InChI is InChI=1S/C30H34F6N8O3/c1-4-21-13-23(26-22(7-9-25(41-26)46-3)44(21)28(45)47-5-2)43(27-39-14-17(15-40-27)6-8-24(37)42-38)16-18-10-19(29(31,32)33)12-20(11-18)30(34,35)36/h7,9-12,14-15,21,23H,4-6,8,13,16,38H2,1-3H3,(H2,37,42)/t21-,23+/m1/s1. The number of hydrazone groups is 1. The van der Waals surface area contributed by atoms with E-state index in [1.165, 1.54) is 35.4 Å². The number of ether oxygens (including phenoxy) is 2. The van der Waals surface area contributed by atoms with Gasteiger partial charge in [-0.3, -0.25) is 4.90 Å². The fourth-order valence-electron chi connectivity index (χ4n) is 5.34. The van der Waals surface area contributed by atoms with Crippen molar-refractivity contribution in [1.29, 1.82) is 0 Å². The molecule has 0 spiro atoms. The maximum atomic E-state index is 13.8. The molecule has 4 rings (SSSR count). The van der Waals surface area contributed by atoms with Crippen molar-refractivity contribution in [1.82, 2.24) is 15.0 Å². The number of alkyl halides is 6. The lowest BCUT2D eigenvalue weighted by Crippen LogP contribution is -2.48. The summed E-state index contributed by atoms with van der Waals surface area (Å²) in [6.07, 6.45) is -6.54. The molecular weight excluding hydrogens is 634 g/mol. The van der Waals surface area contributed by atoms with Crippen molar-refractivity contribution in [3.63, 3.8) is 0 Å². The van der Waals surface area contributed by atoms with Crippen LogP contribution in [0.4, 0.5) is 42.8 Å². The van der Waals surface area contributed by atoms with Crippen LogP contribution < -0.4 is 26.1 Å². The average molecular weight is 669 g/mol. The summed E-state index contributed by atoms with van der Waals surface area (Å²) >= 11 is 0. The first-order chi connectivity index (χ1) is 22.2. The molecule has 4 N–H and O–H groups in total. The number of amides is 1. The molecule has 3 aromatic rings. The lowest BCUT2D eigenvalue weighted by molar-refractivity contribution is -0.143. The van der Waals surface area contributed by atoms with E-state index >= 15 is 0 Å². The maximum Gasteiger partial charge on any atom is 0.416 e. The van der Waals surface area contributed by atoms with E-state index in [0.717, 1.165) is 0 Å². The van der Waals surface area contributed by atoms with Crippen molar-refractivity contribution in [3.8, 4) is 5.88 Å². The third-order valence-corrected chi connectivity index (χ3v) is 7.62. The molecule has 0 unspecified atom stereocenters. The number of nitrogens with two attached hydrogens (primary N) is 2. The fourth-order valence-corrected chi connectivity index (χ4v) is 5.34. The predicted molar refractivity (Wildman–Crippen MR) is 161 cm³/mol. The number of amidine groups is 1. The van der Waals surface area contributed by atoms with E-state index in [-0.39, 0.29) is 48.0 Å². The van der Waals surface area contributed by atoms with Gasteiger partial charge in [-0.2, -0.15) is 31.4 Å². The number of carbonyl (C=O) groups excluding carboxylic acids is 1. The zero-order valence-corrected chi connectivity index (χ0v) is 25.8. The smallest absolute Gasteiger partial charge is 0.416 e. The van der Waals surface area contributed by atoms with Gasteiger partial charge in [0.1, 0.15) is 5.84 Å². The zero-order valence-electron chi connectivity index (χ0n) is 25.8. The molecular formula is C30H34F6N8O3. The molecule has 3 heterocycles. The Morgan fingerprint density at radius 1 is 1.04 bits per heavy atom. The van der Waals surface area contributed by atoms with E-state index < -0.39 is 48.2 Å². The highest BCUT2D eigenvalue weighted by Crippen LogP contribution is 2.44. The lowest BCUT2D eigenvalue weighted by Gasteiger charge is -2.43. The molecule has 0 aliphatic carbocycles. The largest absolute Gasteiger partial charge is 0.481 e. The van der Waals surface area contributed by atoms with E-state index in [1.54, 1.807) is 13.0 Å². The van der Waals surface area contributed by atoms with Gasteiger partial charge in [0.25, 0.3) is 0 Å². The number of hydrogen-bond acceptors (Lipinski definition) is 9. The van der Waals surface area contributed by atoms with Gasteiger partial charge in [-0.05, 0) is 61.6 Å². The van der Waals surface area contributed by atoms with Gasteiger partial charge in [0.05, 0.1) is 42.3 Å². The van der Waals surface area contributed by atoms with Crippen LogP contribution in [0.25, 0.3) is 0 Å². The van der Waals surface area contributed by atoms with Gasteiger partial charge in [0, 0.05) is 37.5 Å². The normalized spacial score (nSPS) is 16.9. The summed E-state index contributed by atoms with van der Waals surface area (Å²) in [4.78, 5) is 29.5. The monoisotopic (exact) mass is 668 g/mol. The van der Waals surface area contributed by atoms with E-state index in [9.17, 15) is 31.1 Å². The summed E-state index contributed by atoms with van der Waals surface area (Å²) in [5.41, 5.74) is 3.70. The summed E-state index contributed by atoms with van der Waals surface area (Å²) in [6.45, 7) is 3.12. The average Bonchev–Trinajstić information content (AvgIpc) is 3.04. The Balaban J connectivity index is 1.89. The molecule has 0 radical (unpaired) electrons. The zero-order chi connectivity index (χ0) is 34.5. The molecule has 0 fully saturated rings. The van der Waals surface area contributed by atoms with E-state index in [0.29, 0.717) is 42.6 Å². The Bertz CT molecular complexity index is 1550. The Labute approximate surface area is 266 Å². The van der Waals surface area contributed by atoms with Gasteiger partial charge < -0.3 is 25.9 Å². The molecule has 0 saturated carbocycles. The second-order valence-electron chi connectivity index (χ2n) is 10.7. The minimum atomic E-state index is -5.05. The van der Waals surface area contributed by atoms with Gasteiger partial charge in [-0.25, -0.2) is 19.7 Å². The number of aryl methyl sites for hydroxylation is 1. The topological polar surface area (TPSA) is 145 Å². The van der Waals surface area contributed by atoms with Crippen molar-refractivity contribution in [3.05, 3.63) is 70.7 Å². The third-order valence-electron chi connectivity index (χ3n) is 7.62. The summed E-state index contributed by atoms with van der Waals surface area (Å²) in [6, 6.07) is 3.22.